The van der Waals surface area contributed by atoms with Crippen molar-refractivity contribution in [2.75, 3.05) is 38.0 Å². The molecule has 1 aliphatic heterocycles. The molecule has 2 heterocycles. The molecule has 166 valence electrons. The predicted molar refractivity (Wildman–Crippen MR) is 112 cm³/mol. The molecule has 9 nitrogen and oxygen atoms in total. The van der Waals surface area contributed by atoms with Crippen molar-refractivity contribution in [3.05, 3.63) is 48.0 Å². The highest BCUT2D eigenvalue weighted by Gasteiger charge is 2.37. The number of anilines is 2. The van der Waals surface area contributed by atoms with Crippen molar-refractivity contribution < 1.29 is 28.2 Å². The Kier molecular flexibility index (Phi) is 7.24. The maximum Gasteiger partial charge on any atom is 0.409 e. The van der Waals surface area contributed by atoms with E-state index in [4.69, 9.17) is 14.2 Å². The van der Waals surface area contributed by atoms with Crippen LogP contribution in [0.15, 0.2) is 36.5 Å². The summed E-state index contributed by atoms with van der Waals surface area (Å²) in [7, 11) is 2.86. The van der Waals surface area contributed by atoms with Crippen molar-refractivity contribution in [1.29, 1.82) is 0 Å². The zero-order valence-corrected chi connectivity index (χ0v) is 17.6. The zero-order valence-electron chi connectivity index (χ0n) is 17.6. The van der Waals surface area contributed by atoms with Gasteiger partial charge in [-0.1, -0.05) is 0 Å². The molecule has 10 heteroatoms. The lowest BCUT2D eigenvalue weighted by Crippen LogP contribution is -2.38. The van der Waals surface area contributed by atoms with Crippen LogP contribution in [0.4, 0.5) is 25.4 Å². The van der Waals surface area contributed by atoms with Crippen molar-refractivity contribution >= 4 is 23.5 Å². The Balaban J connectivity index is 1.64. The summed E-state index contributed by atoms with van der Waals surface area (Å²) >= 11 is 0. The quantitative estimate of drug-likeness (QED) is 0.725. The third kappa shape index (κ3) is 6.05. The van der Waals surface area contributed by atoms with Gasteiger partial charge in [0.05, 0.1) is 38.2 Å². The van der Waals surface area contributed by atoms with Crippen molar-refractivity contribution in [2.45, 2.75) is 25.5 Å². The van der Waals surface area contributed by atoms with Crippen LogP contribution in [0.2, 0.25) is 0 Å². The van der Waals surface area contributed by atoms with Gasteiger partial charge in [0.1, 0.15) is 17.7 Å². The molecule has 0 spiro atoms. The van der Waals surface area contributed by atoms with E-state index in [9.17, 15) is 14.0 Å². The van der Waals surface area contributed by atoms with Crippen LogP contribution in [0.1, 0.15) is 12.1 Å². The van der Waals surface area contributed by atoms with E-state index in [-0.39, 0.29) is 30.1 Å². The number of aryl methyl sites for hydroxylation is 1. The number of methoxy groups -OCH3 is 2. The smallest absolute Gasteiger partial charge is 0.409 e. The van der Waals surface area contributed by atoms with Gasteiger partial charge in [0.15, 0.2) is 0 Å². The van der Waals surface area contributed by atoms with Crippen LogP contribution in [0.3, 0.4) is 0 Å². The van der Waals surface area contributed by atoms with Crippen molar-refractivity contribution in [1.82, 2.24) is 9.88 Å². The summed E-state index contributed by atoms with van der Waals surface area (Å²) in [6.45, 7) is 2.45. The molecular weight excluding hydrogens is 407 g/mol. The standard InChI is InChI=1S/C21H25FN4O5/c1-13-4-5-15(10-23-13)24-20(27)25-16-6-14(22)7-18(8-16)31-19-9-17(12-29-2)26(11-19)21(28)30-3/h4-8,10,17,19H,9,11-12H2,1-3H3,(H2,24,25,27)/t17-,19+/m1/s1. The number of rotatable bonds is 6. The number of hydrogen-bond donors (Lipinski definition) is 2. The Bertz CT molecular complexity index is 924. The first kappa shape index (κ1) is 22.3. The summed E-state index contributed by atoms with van der Waals surface area (Å²) in [6.07, 6.45) is 1.18. The van der Waals surface area contributed by atoms with Gasteiger partial charge in [-0.05, 0) is 25.1 Å². The number of urea groups is 1. The van der Waals surface area contributed by atoms with Gasteiger partial charge in [-0.25, -0.2) is 14.0 Å². The number of nitrogens with zero attached hydrogens (tertiary/aromatic N) is 2. The molecule has 0 bridgehead atoms. The van der Waals surface area contributed by atoms with Crippen LogP contribution >= 0.6 is 0 Å². The van der Waals surface area contributed by atoms with Gasteiger partial charge >= 0.3 is 12.1 Å². The Morgan fingerprint density at radius 3 is 2.65 bits per heavy atom. The first-order chi connectivity index (χ1) is 14.9. The van der Waals surface area contributed by atoms with E-state index in [0.717, 1.165) is 5.69 Å². The van der Waals surface area contributed by atoms with Gasteiger partial charge < -0.3 is 24.8 Å². The Morgan fingerprint density at radius 1 is 1.19 bits per heavy atom. The highest BCUT2D eigenvalue weighted by Crippen LogP contribution is 2.27. The number of pyridine rings is 1. The second-order valence-electron chi connectivity index (χ2n) is 7.15. The molecule has 1 aromatic heterocycles. The molecule has 2 aromatic rings. The molecule has 31 heavy (non-hydrogen) atoms. The molecule has 1 saturated heterocycles. The number of halogens is 1. The third-order valence-electron chi connectivity index (χ3n) is 4.75. The first-order valence-electron chi connectivity index (χ1n) is 9.69. The number of aromatic nitrogens is 1. The van der Waals surface area contributed by atoms with Crippen LogP contribution in [-0.2, 0) is 9.47 Å². The highest BCUT2D eigenvalue weighted by atomic mass is 19.1. The number of likely N-dealkylation sites (tertiary alicyclic amines) is 1. The minimum absolute atomic E-state index is 0.206. The molecule has 0 saturated carbocycles. The monoisotopic (exact) mass is 432 g/mol. The average Bonchev–Trinajstić information content (AvgIpc) is 3.11. The fraction of sp³-hybridized carbons (Fsp3) is 0.381. The number of nitrogens with one attached hydrogen (secondary N) is 2. The van der Waals surface area contributed by atoms with Crippen LogP contribution in [-0.4, -0.2) is 61.5 Å². The molecule has 3 amide bonds. The van der Waals surface area contributed by atoms with Crippen LogP contribution in [0.25, 0.3) is 0 Å². The van der Waals surface area contributed by atoms with E-state index < -0.39 is 17.9 Å². The highest BCUT2D eigenvalue weighted by molar-refractivity contribution is 5.99. The SMILES string of the molecule is COC[C@H]1C[C@H](Oc2cc(F)cc(NC(=O)Nc3ccc(C)nc3)c2)CN1C(=O)OC. The van der Waals surface area contributed by atoms with Gasteiger partial charge in [0, 0.05) is 37.0 Å². The summed E-state index contributed by atoms with van der Waals surface area (Å²) in [6, 6.07) is 6.65. The van der Waals surface area contributed by atoms with Crippen LogP contribution in [0.5, 0.6) is 5.75 Å². The van der Waals surface area contributed by atoms with E-state index in [0.29, 0.717) is 18.7 Å². The molecule has 2 N–H and O–H groups in total. The summed E-state index contributed by atoms with van der Waals surface area (Å²) in [5.74, 6) is -0.332. The molecule has 1 fully saturated rings. The topological polar surface area (TPSA) is 102 Å². The lowest BCUT2D eigenvalue weighted by molar-refractivity contribution is 0.0866. The molecule has 0 unspecified atom stereocenters. The van der Waals surface area contributed by atoms with E-state index in [1.54, 1.807) is 19.2 Å². The van der Waals surface area contributed by atoms with Gasteiger partial charge in [0.2, 0.25) is 0 Å². The Hall–Kier alpha value is -3.40. The van der Waals surface area contributed by atoms with Gasteiger partial charge in [0.25, 0.3) is 0 Å². The second kappa shape index (κ2) is 10.1. The summed E-state index contributed by atoms with van der Waals surface area (Å²) in [4.78, 5) is 29.8. The molecular formula is C21H25FN4O5. The fourth-order valence-corrected chi connectivity index (χ4v) is 3.38. The first-order valence-corrected chi connectivity index (χ1v) is 9.69. The summed E-state index contributed by atoms with van der Waals surface area (Å²) < 4.78 is 30.0. The lowest BCUT2D eigenvalue weighted by Gasteiger charge is -2.21. The average molecular weight is 432 g/mol. The minimum Gasteiger partial charge on any atom is -0.488 e. The zero-order chi connectivity index (χ0) is 22.4. The van der Waals surface area contributed by atoms with Crippen molar-refractivity contribution in [3.63, 3.8) is 0 Å². The maximum atomic E-state index is 14.1. The number of benzene rings is 1. The largest absolute Gasteiger partial charge is 0.488 e. The van der Waals surface area contributed by atoms with Gasteiger partial charge in [-0.15, -0.1) is 0 Å². The number of ether oxygens (including phenoxy) is 3. The van der Waals surface area contributed by atoms with Crippen LogP contribution in [0, 0.1) is 12.7 Å². The fourth-order valence-electron chi connectivity index (χ4n) is 3.38. The van der Waals surface area contributed by atoms with E-state index >= 15 is 0 Å². The number of carbonyl (C=O) groups excluding carboxylic acids is 2. The molecule has 2 atom stereocenters. The van der Waals surface area contributed by atoms with E-state index in [1.807, 2.05) is 6.92 Å². The van der Waals surface area contributed by atoms with Gasteiger partial charge in [-0.2, -0.15) is 0 Å². The van der Waals surface area contributed by atoms with Crippen molar-refractivity contribution in [2.24, 2.45) is 0 Å². The van der Waals surface area contributed by atoms with Crippen molar-refractivity contribution in [3.8, 4) is 5.75 Å². The normalized spacial score (nSPS) is 17.9. The van der Waals surface area contributed by atoms with E-state index in [1.165, 1.54) is 36.4 Å². The molecule has 3 rings (SSSR count). The van der Waals surface area contributed by atoms with Crippen LogP contribution < -0.4 is 15.4 Å². The number of hydrogen-bond acceptors (Lipinski definition) is 6. The number of amides is 3. The Labute approximate surface area is 179 Å². The molecule has 0 radical (unpaired) electrons. The summed E-state index contributed by atoms with van der Waals surface area (Å²) in [5, 5.41) is 5.20. The van der Waals surface area contributed by atoms with E-state index in [2.05, 4.69) is 15.6 Å². The Morgan fingerprint density at radius 2 is 1.97 bits per heavy atom. The number of carbonyl (C=O) groups is 2. The molecule has 1 aliphatic rings. The summed E-state index contributed by atoms with van der Waals surface area (Å²) in [5.41, 5.74) is 1.56. The lowest BCUT2D eigenvalue weighted by atomic mass is 10.2. The second-order valence-corrected chi connectivity index (χ2v) is 7.15. The molecule has 0 aliphatic carbocycles. The predicted octanol–water partition coefficient (Wildman–Crippen LogP) is 3.41. The third-order valence-corrected chi connectivity index (χ3v) is 4.75. The minimum atomic E-state index is -0.568. The maximum absolute atomic E-state index is 14.1. The van der Waals surface area contributed by atoms with Gasteiger partial charge in [-0.3, -0.25) is 9.88 Å². The molecule has 1 aromatic carbocycles.